The average molecular weight is 424 g/mol. The third kappa shape index (κ3) is 7.46. The van der Waals surface area contributed by atoms with E-state index >= 15 is 0 Å². The van der Waals surface area contributed by atoms with E-state index in [9.17, 15) is 9.67 Å². The summed E-state index contributed by atoms with van der Waals surface area (Å²) in [6, 6.07) is 10.5. The molecule has 0 aliphatic heterocycles. The number of aryl methyl sites for hydroxylation is 2. The van der Waals surface area contributed by atoms with E-state index in [1.165, 1.54) is 0 Å². The number of ether oxygens (including phenoxy) is 3. The Kier molecular flexibility index (Phi) is 8.25. The summed E-state index contributed by atoms with van der Waals surface area (Å²) in [6.45, 7) is 8.57. The molecule has 0 radical (unpaired) electrons. The van der Waals surface area contributed by atoms with Gasteiger partial charge in [0.2, 0.25) is 0 Å². The molecule has 0 aromatic heterocycles. The maximum Gasteiger partial charge on any atom is 0.362 e. The first-order valence-electron chi connectivity index (χ1n) is 9.34. The van der Waals surface area contributed by atoms with E-state index in [2.05, 4.69) is 13.8 Å². The summed E-state index contributed by atoms with van der Waals surface area (Å²) in [5.41, 5.74) is 2.96. The number of aliphatic hydroxyl groups is 1. The van der Waals surface area contributed by atoms with Crippen LogP contribution in [0.15, 0.2) is 36.4 Å². The minimum Gasteiger partial charge on any atom is -0.481 e. The van der Waals surface area contributed by atoms with Crippen LogP contribution in [0, 0.1) is 19.8 Å². The lowest BCUT2D eigenvalue weighted by atomic mass is 9.93. The lowest BCUT2D eigenvalue weighted by Crippen LogP contribution is -2.08. The Labute approximate surface area is 171 Å². The molecule has 0 bridgehead atoms. The fourth-order valence-corrected chi connectivity index (χ4v) is 3.23. The van der Waals surface area contributed by atoms with Gasteiger partial charge in [-0.1, -0.05) is 26.0 Å². The van der Waals surface area contributed by atoms with Crippen molar-refractivity contribution in [3.8, 4) is 11.5 Å². The Morgan fingerprint density at radius 3 is 2.07 bits per heavy atom. The molecule has 0 saturated carbocycles. The van der Waals surface area contributed by atoms with E-state index in [-0.39, 0.29) is 6.79 Å². The standard InChI is InChI=1S/C21H29O7P/c1-14(2)11-26-12-27-18-7-5-17(6-8-18)21(22)20-15(3)9-19(10-16(20)4)28-13-29(23,24)25/h5-10,14,21-22H,11-13H2,1-4H3,(H2,23,24,25). The van der Waals surface area contributed by atoms with Gasteiger partial charge in [-0.05, 0) is 66.3 Å². The van der Waals surface area contributed by atoms with Crippen LogP contribution in [0.1, 0.15) is 42.2 Å². The molecule has 2 aromatic rings. The van der Waals surface area contributed by atoms with Crippen molar-refractivity contribution >= 4 is 7.60 Å². The van der Waals surface area contributed by atoms with E-state index in [0.717, 1.165) is 16.7 Å². The zero-order chi connectivity index (χ0) is 21.6. The first-order chi connectivity index (χ1) is 13.6. The molecule has 2 rings (SSSR count). The predicted molar refractivity (Wildman–Crippen MR) is 110 cm³/mol. The van der Waals surface area contributed by atoms with Crippen LogP contribution in [-0.2, 0) is 9.30 Å². The Morgan fingerprint density at radius 2 is 1.55 bits per heavy atom. The summed E-state index contributed by atoms with van der Waals surface area (Å²) in [7, 11) is -4.25. The van der Waals surface area contributed by atoms with Crippen molar-refractivity contribution in [3.63, 3.8) is 0 Å². The van der Waals surface area contributed by atoms with Crippen molar-refractivity contribution in [1.82, 2.24) is 0 Å². The second-order valence-electron chi connectivity index (χ2n) is 7.41. The van der Waals surface area contributed by atoms with Gasteiger partial charge in [-0.3, -0.25) is 4.57 Å². The van der Waals surface area contributed by atoms with E-state index in [4.69, 9.17) is 24.0 Å². The Bertz CT molecular complexity index is 820. The summed E-state index contributed by atoms with van der Waals surface area (Å²) in [5, 5.41) is 10.8. The van der Waals surface area contributed by atoms with E-state index in [1.54, 1.807) is 36.4 Å². The highest BCUT2D eigenvalue weighted by Gasteiger charge is 2.19. The molecular weight excluding hydrogens is 395 g/mol. The van der Waals surface area contributed by atoms with Crippen LogP contribution in [0.3, 0.4) is 0 Å². The zero-order valence-electron chi connectivity index (χ0n) is 17.2. The first-order valence-corrected chi connectivity index (χ1v) is 11.1. The molecule has 0 heterocycles. The highest BCUT2D eigenvalue weighted by Crippen LogP contribution is 2.36. The van der Waals surface area contributed by atoms with Gasteiger partial charge in [-0.25, -0.2) is 0 Å². The van der Waals surface area contributed by atoms with Crippen LogP contribution in [-0.4, -0.2) is 34.6 Å². The second kappa shape index (κ2) is 10.2. The van der Waals surface area contributed by atoms with Crippen molar-refractivity contribution in [2.45, 2.75) is 33.8 Å². The number of benzene rings is 2. The molecule has 0 aliphatic carbocycles. The lowest BCUT2D eigenvalue weighted by Gasteiger charge is -2.19. The molecule has 0 amide bonds. The summed E-state index contributed by atoms with van der Waals surface area (Å²) < 4.78 is 27.1. The first kappa shape index (κ1) is 23.4. The highest BCUT2D eigenvalue weighted by molar-refractivity contribution is 7.51. The predicted octanol–water partition coefficient (Wildman–Crippen LogP) is 3.91. The largest absolute Gasteiger partial charge is 0.481 e. The van der Waals surface area contributed by atoms with Crippen molar-refractivity contribution in [1.29, 1.82) is 0 Å². The molecule has 1 unspecified atom stereocenters. The van der Waals surface area contributed by atoms with Crippen LogP contribution >= 0.6 is 7.60 Å². The molecule has 1 atom stereocenters. The smallest absolute Gasteiger partial charge is 0.362 e. The van der Waals surface area contributed by atoms with E-state index in [0.29, 0.717) is 29.6 Å². The Morgan fingerprint density at radius 1 is 0.966 bits per heavy atom. The number of aliphatic hydroxyl groups excluding tert-OH is 1. The van der Waals surface area contributed by atoms with Gasteiger partial charge in [0.05, 0.1) is 6.61 Å². The minimum atomic E-state index is -4.25. The van der Waals surface area contributed by atoms with Crippen molar-refractivity contribution in [2.75, 3.05) is 19.7 Å². The molecule has 2 aromatic carbocycles. The van der Waals surface area contributed by atoms with Crippen molar-refractivity contribution in [2.24, 2.45) is 5.92 Å². The van der Waals surface area contributed by atoms with Gasteiger partial charge >= 0.3 is 7.60 Å². The molecule has 0 aliphatic rings. The number of hydrogen-bond acceptors (Lipinski definition) is 5. The molecule has 160 valence electrons. The average Bonchev–Trinajstić information content (AvgIpc) is 2.63. The Hall–Kier alpha value is -1.89. The molecule has 0 spiro atoms. The molecule has 7 nitrogen and oxygen atoms in total. The maximum absolute atomic E-state index is 11.0. The summed E-state index contributed by atoms with van der Waals surface area (Å²) >= 11 is 0. The van der Waals surface area contributed by atoms with Gasteiger partial charge in [0, 0.05) is 0 Å². The fraction of sp³-hybridized carbons (Fsp3) is 0.429. The topological polar surface area (TPSA) is 105 Å². The van der Waals surface area contributed by atoms with Crippen LogP contribution in [0.25, 0.3) is 0 Å². The van der Waals surface area contributed by atoms with Gasteiger partial charge in [0.1, 0.15) is 17.6 Å². The number of hydrogen-bond donors (Lipinski definition) is 3. The van der Waals surface area contributed by atoms with Crippen LogP contribution in [0.4, 0.5) is 0 Å². The molecule has 0 saturated heterocycles. The molecule has 8 heteroatoms. The van der Waals surface area contributed by atoms with E-state index < -0.39 is 20.0 Å². The van der Waals surface area contributed by atoms with Crippen molar-refractivity contribution in [3.05, 3.63) is 58.7 Å². The van der Waals surface area contributed by atoms with E-state index in [1.807, 2.05) is 13.8 Å². The monoisotopic (exact) mass is 424 g/mol. The van der Waals surface area contributed by atoms with Gasteiger partial charge in [-0.15, -0.1) is 0 Å². The van der Waals surface area contributed by atoms with Crippen molar-refractivity contribution < 1.29 is 33.7 Å². The Balaban J connectivity index is 2.07. The van der Waals surface area contributed by atoms with Crippen LogP contribution in [0.5, 0.6) is 11.5 Å². The summed E-state index contributed by atoms with van der Waals surface area (Å²) in [5.74, 6) is 1.44. The molecular formula is C21H29O7P. The normalized spacial score (nSPS) is 12.8. The third-order valence-electron chi connectivity index (χ3n) is 4.20. The summed E-state index contributed by atoms with van der Waals surface area (Å²) in [4.78, 5) is 17.9. The molecule has 0 fully saturated rings. The summed E-state index contributed by atoms with van der Waals surface area (Å²) in [6.07, 6.45) is -1.53. The fourth-order valence-electron chi connectivity index (χ4n) is 2.91. The minimum absolute atomic E-state index is 0.175. The third-order valence-corrected chi connectivity index (χ3v) is 4.66. The SMILES string of the molecule is Cc1cc(OCP(=O)(O)O)cc(C)c1C(O)c1ccc(OCOCC(C)C)cc1. The number of rotatable bonds is 10. The second-order valence-corrected chi connectivity index (χ2v) is 8.99. The molecule has 3 N–H and O–H groups in total. The quantitative estimate of drug-likeness (QED) is 0.302. The van der Waals surface area contributed by atoms with Crippen LogP contribution in [0.2, 0.25) is 0 Å². The van der Waals surface area contributed by atoms with Gasteiger partial charge < -0.3 is 29.1 Å². The van der Waals surface area contributed by atoms with Gasteiger partial charge in [-0.2, -0.15) is 0 Å². The van der Waals surface area contributed by atoms with Crippen LogP contribution < -0.4 is 9.47 Å². The highest BCUT2D eigenvalue weighted by atomic mass is 31.2. The lowest BCUT2D eigenvalue weighted by molar-refractivity contribution is 0.00270. The zero-order valence-corrected chi connectivity index (χ0v) is 18.1. The van der Waals surface area contributed by atoms with Gasteiger partial charge in [0.25, 0.3) is 0 Å². The molecule has 29 heavy (non-hydrogen) atoms. The maximum atomic E-state index is 11.0. The van der Waals surface area contributed by atoms with Gasteiger partial charge in [0.15, 0.2) is 13.1 Å².